The van der Waals surface area contributed by atoms with Crippen LogP contribution in [0.5, 0.6) is 0 Å². The highest BCUT2D eigenvalue weighted by atomic mass is 16.5. The first-order valence-electron chi connectivity index (χ1n) is 6.90. The minimum Gasteiger partial charge on any atom is -0.455 e. The summed E-state index contributed by atoms with van der Waals surface area (Å²) >= 11 is 0. The van der Waals surface area contributed by atoms with Crippen molar-refractivity contribution in [2.75, 3.05) is 0 Å². The summed E-state index contributed by atoms with van der Waals surface area (Å²) in [6.07, 6.45) is 6.28. The number of rotatable bonds is 6. The lowest BCUT2D eigenvalue weighted by Crippen LogP contribution is -2.14. The molecule has 0 N–H and O–H groups in total. The van der Waals surface area contributed by atoms with Crippen LogP contribution in [-0.2, 0) is 20.9 Å². The van der Waals surface area contributed by atoms with Crippen LogP contribution in [0.3, 0.4) is 0 Å². The highest BCUT2D eigenvalue weighted by molar-refractivity contribution is 6.38. The van der Waals surface area contributed by atoms with Crippen molar-refractivity contribution >= 4 is 17.8 Å². The Kier molecular flexibility index (Phi) is 5.88. The third kappa shape index (κ3) is 5.21. The standard InChI is InChI=1S/C19H16O3/c20-18(14-8-7-11-16-9-3-1-4-10-16)19(21)22-15-17-12-5-2-6-13-17/h1-14H,15H2/b11-7+,14-8+. The second kappa shape index (κ2) is 8.37. The van der Waals surface area contributed by atoms with E-state index < -0.39 is 11.8 Å². The largest absolute Gasteiger partial charge is 0.455 e. The highest BCUT2D eigenvalue weighted by Gasteiger charge is 2.11. The molecular formula is C19H16O3. The van der Waals surface area contributed by atoms with Gasteiger partial charge in [-0.15, -0.1) is 0 Å². The molecule has 0 fully saturated rings. The lowest BCUT2D eigenvalue weighted by molar-refractivity contribution is -0.152. The first-order chi connectivity index (χ1) is 10.8. The Morgan fingerprint density at radius 2 is 1.50 bits per heavy atom. The van der Waals surface area contributed by atoms with Crippen LogP contribution in [0.4, 0.5) is 0 Å². The molecule has 0 aliphatic rings. The Labute approximate surface area is 129 Å². The van der Waals surface area contributed by atoms with Gasteiger partial charge in [0.15, 0.2) is 0 Å². The first kappa shape index (κ1) is 15.4. The average Bonchev–Trinajstić information content (AvgIpc) is 2.58. The third-order valence-corrected chi connectivity index (χ3v) is 2.86. The molecule has 2 aromatic rings. The lowest BCUT2D eigenvalue weighted by atomic mass is 10.2. The molecular weight excluding hydrogens is 276 g/mol. The minimum atomic E-state index is -0.854. The first-order valence-corrected chi connectivity index (χ1v) is 6.90. The summed E-state index contributed by atoms with van der Waals surface area (Å²) in [5.41, 5.74) is 1.86. The van der Waals surface area contributed by atoms with Gasteiger partial charge in [-0.05, 0) is 17.2 Å². The van der Waals surface area contributed by atoms with Crippen LogP contribution in [0.25, 0.3) is 6.08 Å². The van der Waals surface area contributed by atoms with Gasteiger partial charge in [-0.1, -0.05) is 78.9 Å². The van der Waals surface area contributed by atoms with Crippen LogP contribution in [0.2, 0.25) is 0 Å². The Morgan fingerprint density at radius 3 is 2.18 bits per heavy atom. The molecule has 0 saturated carbocycles. The molecule has 110 valence electrons. The Morgan fingerprint density at radius 1 is 0.864 bits per heavy atom. The maximum absolute atomic E-state index is 11.6. The van der Waals surface area contributed by atoms with E-state index in [1.807, 2.05) is 66.7 Å². The smallest absolute Gasteiger partial charge is 0.379 e. The van der Waals surface area contributed by atoms with Gasteiger partial charge < -0.3 is 4.74 Å². The summed E-state index contributed by atoms with van der Waals surface area (Å²) < 4.78 is 4.94. The molecule has 0 saturated heterocycles. The fourth-order valence-electron chi connectivity index (χ4n) is 1.74. The van der Waals surface area contributed by atoms with Crippen molar-refractivity contribution in [2.24, 2.45) is 0 Å². The van der Waals surface area contributed by atoms with Crippen LogP contribution in [0.1, 0.15) is 11.1 Å². The quantitative estimate of drug-likeness (QED) is 0.354. The normalized spacial score (nSPS) is 10.9. The lowest BCUT2D eigenvalue weighted by Gasteiger charge is -2.01. The SMILES string of the molecule is O=C(/C=C/C=C/c1ccccc1)C(=O)OCc1ccccc1. The van der Waals surface area contributed by atoms with Gasteiger partial charge in [0.05, 0.1) is 0 Å². The molecule has 2 aromatic carbocycles. The number of ketones is 1. The predicted molar refractivity (Wildman–Crippen MR) is 85.9 cm³/mol. The van der Waals surface area contributed by atoms with Crippen LogP contribution < -0.4 is 0 Å². The summed E-state index contributed by atoms with van der Waals surface area (Å²) in [6.45, 7) is 0.0963. The summed E-state index contributed by atoms with van der Waals surface area (Å²) in [6, 6.07) is 18.9. The topological polar surface area (TPSA) is 43.4 Å². The molecule has 0 aromatic heterocycles. The summed E-state index contributed by atoms with van der Waals surface area (Å²) in [5.74, 6) is -1.53. The number of hydrogen-bond acceptors (Lipinski definition) is 3. The molecule has 22 heavy (non-hydrogen) atoms. The van der Waals surface area contributed by atoms with Crippen molar-refractivity contribution in [3.05, 3.63) is 90.0 Å². The van der Waals surface area contributed by atoms with E-state index in [9.17, 15) is 9.59 Å². The monoisotopic (exact) mass is 292 g/mol. The van der Waals surface area contributed by atoms with E-state index in [0.717, 1.165) is 11.1 Å². The van der Waals surface area contributed by atoms with Crippen molar-refractivity contribution < 1.29 is 14.3 Å². The minimum absolute atomic E-state index is 0.0963. The molecule has 0 aliphatic carbocycles. The fourth-order valence-corrected chi connectivity index (χ4v) is 1.74. The van der Waals surface area contributed by atoms with Crippen molar-refractivity contribution in [1.82, 2.24) is 0 Å². The predicted octanol–water partition coefficient (Wildman–Crippen LogP) is 3.57. The van der Waals surface area contributed by atoms with Gasteiger partial charge >= 0.3 is 5.97 Å². The molecule has 0 heterocycles. The van der Waals surface area contributed by atoms with E-state index >= 15 is 0 Å². The second-order valence-corrected chi connectivity index (χ2v) is 4.55. The molecule has 0 atom stereocenters. The van der Waals surface area contributed by atoms with Crippen LogP contribution in [0, 0.1) is 0 Å². The Balaban J connectivity index is 1.80. The number of carbonyl (C=O) groups is 2. The van der Waals surface area contributed by atoms with E-state index in [-0.39, 0.29) is 6.61 Å². The van der Waals surface area contributed by atoms with Gasteiger partial charge in [-0.3, -0.25) is 4.79 Å². The van der Waals surface area contributed by atoms with Gasteiger partial charge in [-0.25, -0.2) is 4.79 Å². The molecule has 0 bridgehead atoms. The Bertz CT molecular complexity index is 670. The number of esters is 1. The van der Waals surface area contributed by atoms with Gasteiger partial charge in [0, 0.05) is 0 Å². The van der Waals surface area contributed by atoms with Gasteiger partial charge in [-0.2, -0.15) is 0 Å². The molecule has 3 heteroatoms. The summed E-state index contributed by atoms with van der Waals surface area (Å²) in [5, 5.41) is 0. The number of benzene rings is 2. The zero-order valence-electron chi connectivity index (χ0n) is 12.0. The van der Waals surface area contributed by atoms with E-state index in [1.165, 1.54) is 12.2 Å². The molecule has 0 amide bonds. The van der Waals surface area contributed by atoms with Crippen molar-refractivity contribution in [3.63, 3.8) is 0 Å². The van der Waals surface area contributed by atoms with Gasteiger partial charge in [0.25, 0.3) is 5.78 Å². The number of allylic oxidation sites excluding steroid dienone is 2. The molecule has 0 spiro atoms. The summed E-state index contributed by atoms with van der Waals surface area (Å²) in [7, 11) is 0. The number of ether oxygens (including phenoxy) is 1. The molecule has 0 aliphatic heterocycles. The highest BCUT2D eigenvalue weighted by Crippen LogP contribution is 2.02. The van der Waals surface area contributed by atoms with Crippen LogP contribution >= 0.6 is 0 Å². The van der Waals surface area contributed by atoms with Gasteiger partial charge in [0.1, 0.15) is 6.61 Å². The van der Waals surface area contributed by atoms with Crippen molar-refractivity contribution in [3.8, 4) is 0 Å². The Hall–Kier alpha value is -2.94. The van der Waals surface area contributed by atoms with Crippen LogP contribution in [-0.4, -0.2) is 11.8 Å². The number of hydrogen-bond donors (Lipinski definition) is 0. The maximum atomic E-state index is 11.6. The van der Waals surface area contributed by atoms with Gasteiger partial charge in [0.2, 0.25) is 0 Å². The van der Waals surface area contributed by atoms with E-state index in [2.05, 4.69) is 0 Å². The fraction of sp³-hybridized carbons (Fsp3) is 0.0526. The van der Waals surface area contributed by atoms with E-state index in [0.29, 0.717) is 0 Å². The third-order valence-electron chi connectivity index (χ3n) is 2.86. The zero-order chi connectivity index (χ0) is 15.6. The zero-order valence-corrected chi connectivity index (χ0v) is 12.0. The van der Waals surface area contributed by atoms with E-state index in [1.54, 1.807) is 6.08 Å². The van der Waals surface area contributed by atoms with Crippen LogP contribution in [0.15, 0.2) is 78.9 Å². The average molecular weight is 292 g/mol. The molecule has 0 unspecified atom stereocenters. The second-order valence-electron chi connectivity index (χ2n) is 4.55. The molecule has 2 rings (SSSR count). The molecule has 3 nitrogen and oxygen atoms in total. The van der Waals surface area contributed by atoms with E-state index in [4.69, 9.17) is 4.74 Å². The van der Waals surface area contributed by atoms with Crippen molar-refractivity contribution in [1.29, 1.82) is 0 Å². The van der Waals surface area contributed by atoms with Crippen molar-refractivity contribution in [2.45, 2.75) is 6.61 Å². The maximum Gasteiger partial charge on any atom is 0.379 e. The molecule has 0 radical (unpaired) electrons. The number of carbonyl (C=O) groups excluding carboxylic acids is 2. The summed E-state index contributed by atoms with van der Waals surface area (Å²) in [4.78, 5) is 23.1.